The predicted octanol–water partition coefficient (Wildman–Crippen LogP) is 2.90. The van der Waals surface area contributed by atoms with E-state index in [1.54, 1.807) is 20.8 Å². The van der Waals surface area contributed by atoms with E-state index in [1.165, 1.54) is 25.2 Å². The van der Waals surface area contributed by atoms with E-state index in [2.05, 4.69) is 0 Å². The summed E-state index contributed by atoms with van der Waals surface area (Å²) >= 11 is 0. The summed E-state index contributed by atoms with van der Waals surface area (Å²) in [6.45, 7) is 5.16. The first-order valence-electron chi connectivity index (χ1n) is 5.16. The molecule has 0 bridgehead atoms. The van der Waals surface area contributed by atoms with Gasteiger partial charge in [0, 0.05) is 7.05 Å². The Labute approximate surface area is 99.6 Å². The van der Waals surface area contributed by atoms with Crippen LogP contribution >= 0.6 is 0 Å². The first kappa shape index (κ1) is 13.3. The van der Waals surface area contributed by atoms with Crippen LogP contribution in [0.5, 0.6) is 5.75 Å². The Balaban J connectivity index is 2.93. The normalized spacial score (nSPS) is 11.1. The van der Waals surface area contributed by atoms with E-state index >= 15 is 0 Å². The van der Waals surface area contributed by atoms with Gasteiger partial charge < -0.3 is 9.84 Å². The lowest BCUT2D eigenvalue weighted by molar-refractivity contribution is 0.0588. The number of hydrogen-bond donors (Lipinski definition) is 1. The van der Waals surface area contributed by atoms with E-state index < -0.39 is 23.3 Å². The minimum absolute atomic E-state index is 0.0285. The Morgan fingerprint density at radius 3 is 2.53 bits per heavy atom. The number of phenolic OH excluding ortho intramolecular Hbond substituents is 1. The van der Waals surface area contributed by atoms with Gasteiger partial charge in [-0.1, -0.05) is 6.07 Å². The third-order valence-electron chi connectivity index (χ3n) is 1.99. The molecule has 0 radical (unpaired) electrons. The zero-order valence-corrected chi connectivity index (χ0v) is 10.3. The molecule has 5 heteroatoms. The number of anilines is 1. The summed E-state index contributed by atoms with van der Waals surface area (Å²) in [4.78, 5) is 12.7. The molecule has 1 aromatic carbocycles. The van der Waals surface area contributed by atoms with Gasteiger partial charge in [0.1, 0.15) is 5.60 Å². The van der Waals surface area contributed by atoms with Crippen molar-refractivity contribution in [3.05, 3.63) is 24.0 Å². The zero-order chi connectivity index (χ0) is 13.2. The first-order chi connectivity index (χ1) is 7.72. The molecule has 0 spiro atoms. The highest BCUT2D eigenvalue weighted by Crippen LogP contribution is 2.26. The quantitative estimate of drug-likeness (QED) is 0.822. The minimum Gasteiger partial charge on any atom is -0.505 e. The molecule has 0 saturated carbocycles. The number of aromatic hydroxyl groups is 1. The molecule has 1 amide bonds. The molecular formula is C12H16FNO3. The zero-order valence-electron chi connectivity index (χ0n) is 10.3. The number of carbonyl (C=O) groups is 1. The summed E-state index contributed by atoms with van der Waals surface area (Å²) in [6, 6.07) is 4.05. The van der Waals surface area contributed by atoms with Crippen LogP contribution in [0.15, 0.2) is 18.2 Å². The molecule has 0 aliphatic carbocycles. The molecule has 0 aliphatic heterocycles. The number of phenols is 1. The summed E-state index contributed by atoms with van der Waals surface area (Å²) in [7, 11) is 1.38. The predicted molar refractivity (Wildman–Crippen MR) is 62.7 cm³/mol. The van der Waals surface area contributed by atoms with Gasteiger partial charge in [0.25, 0.3) is 0 Å². The van der Waals surface area contributed by atoms with Gasteiger partial charge in [0.05, 0.1) is 5.69 Å². The molecule has 0 heterocycles. The second-order valence-electron chi connectivity index (χ2n) is 4.65. The monoisotopic (exact) mass is 241 g/mol. The lowest BCUT2D eigenvalue weighted by Crippen LogP contribution is -2.34. The molecule has 0 fully saturated rings. The van der Waals surface area contributed by atoms with Crippen molar-refractivity contribution in [3.8, 4) is 5.75 Å². The van der Waals surface area contributed by atoms with Crippen molar-refractivity contribution < 1.29 is 19.0 Å². The van der Waals surface area contributed by atoms with Gasteiger partial charge in [-0.15, -0.1) is 0 Å². The fourth-order valence-electron chi connectivity index (χ4n) is 1.20. The van der Waals surface area contributed by atoms with Crippen LogP contribution in [0.25, 0.3) is 0 Å². The molecule has 17 heavy (non-hydrogen) atoms. The Morgan fingerprint density at radius 1 is 1.41 bits per heavy atom. The van der Waals surface area contributed by atoms with E-state index in [9.17, 15) is 14.3 Å². The maximum Gasteiger partial charge on any atom is 0.414 e. The maximum atomic E-state index is 13.5. The fourth-order valence-corrected chi connectivity index (χ4v) is 1.20. The summed E-state index contributed by atoms with van der Waals surface area (Å²) in [6.07, 6.45) is -0.679. The number of amides is 1. The van der Waals surface area contributed by atoms with Crippen molar-refractivity contribution >= 4 is 11.8 Å². The van der Waals surface area contributed by atoms with Crippen molar-refractivity contribution in [2.75, 3.05) is 11.9 Å². The highest BCUT2D eigenvalue weighted by molar-refractivity contribution is 5.87. The molecule has 0 saturated heterocycles. The molecule has 0 atom stereocenters. The van der Waals surface area contributed by atoms with Gasteiger partial charge in [-0.25, -0.2) is 9.18 Å². The molecule has 0 aliphatic rings. The van der Waals surface area contributed by atoms with Gasteiger partial charge in [-0.3, -0.25) is 4.90 Å². The van der Waals surface area contributed by atoms with E-state index in [0.717, 1.165) is 4.90 Å². The van der Waals surface area contributed by atoms with Crippen LogP contribution in [0.1, 0.15) is 20.8 Å². The average Bonchev–Trinajstić information content (AvgIpc) is 2.18. The Morgan fingerprint density at radius 2 is 2.00 bits per heavy atom. The Kier molecular flexibility index (Phi) is 3.60. The third-order valence-corrected chi connectivity index (χ3v) is 1.99. The first-order valence-corrected chi connectivity index (χ1v) is 5.16. The fraction of sp³-hybridized carbons (Fsp3) is 0.417. The van der Waals surface area contributed by atoms with Crippen molar-refractivity contribution in [2.24, 2.45) is 0 Å². The summed E-state index contributed by atoms with van der Waals surface area (Å²) in [5, 5.41) is 9.21. The number of ether oxygens (including phenoxy) is 1. The van der Waals surface area contributed by atoms with Gasteiger partial charge in [0.2, 0.25) is 0 Å². The van der Waals surface area contributed by atoms with Crippen molar-refractivity contribution in [1.82, 2.24) is 0 Å². The number of benzene rings is 1. The molecule has 4 nitrogen and oxygen atoms in total. The van der Waals surface area contributed by atoms with E-state index in [1.807, 2.05) is 0 Å². The van der Waals surface area contributed by atoms with Crippen molar-refractivity contribution in [1.29, 1.82) is 0 Å². The highest BCUT2D eigenvalue weighted by Gasteiger charge is 2.23. The van der Waals surface area contributed by atoms with Crippen LogP contribution < -0.4 is 4.90 Å². The van der Waals surface area contributed by atoms with Crippen LogP contribution in [0.4, 0.5) is 14.9 Å². The number of halogens is 1. The van der Waals surface area contributed by atoms with Crippen molar-refractivity contribution in [3.63, 3.8) is 0 Å². The van der Waals surface area contributed by atoms with E-state index in [4.69, 9.17) is 4.74 Å². The molecule has 94 valence electrons. The molecule has 1 N–H and O–H groups in total. The number of carbonyl (C=O) groups excluding carboxylic acids is 1. The molecule has 1 aromatic rings. The lowest BCUT2D eigenvalue weighted by atomic mass is 10.2. The summed E-state index contributed by atoms with van der Waals surface area (Å²) in [5.74, 6) is -1.35. The molecule has 0 unspecified atom stereocenters. The summed E-state index contributed by atoms with van der Waals surface area (Å²) < 4.78 is 18.6. The molecule has 1 rings (SSSR count). The molecule has 0 aromatic heterocycles. The number of hydrogen-bond acceptors (Lipinski definition) is 3. The van der Waals surface area contributed by atoms with E-state index in [-0.39, 0.29) is 5.69 Å². The van der Waals surface area contributed by atoms with Crippen LogP contribution in [0.2, 0.25) is 0 Å². The smallest absolute Gasteiger partial charge is 0.414 e. The van der Waals surface area contributed by atoms with Crippen molar-refractivity contribution in [2.45, 2.75) is 26.4 Å². The van der Waals surface area contributed by atoms with Crippen LogP contribution in [0, 0.1) is 5.82 Å². The number of nitrogens with zero attached hydrogens (tertiary/aromatic N) is 1. The minimum atomic E-state index is -0.846. The van der Waals surface area contributed by atoms with Crippen LogP contribution in [0.3, 0.4) is 0 Å². The highest BCUT2D eigenvalue weighted by atomic mass is 19.1. The third kappa shape index (κ3) is 3.34. The Hall–Kier alpha value is -1.78. The SMILES string of the molecule is CN(C(=O)OC(C)(C)C)c1cccc(O)c1F. The topological polar surface area (TPSA) is 49.8 Å². The average molecular weight is 241 g/mol. The standard InChI is InChI=1S/C12H16FNO3/c1-12(2,3)17-11(16)14(4)8-6-5-7-9(15)10(8)13/h5-7,15H,1-4H3. The van der Waals surface area contributed by atoms with E-state index in [0.29, 0.717) is 0 Å². The van der Waals surface area contributed by atoms with Gasteiger partial charge in [-0.05, 0) is 32.9 Å². The largest absolute Gasteiger partial charge is 0.505 e. The second-order valence-corrected chi connectivity index (χ2v) is 4.65. The van der Waals surface area contributed by atoms with Crippen LogP contribution in [-0.4, -0.2) is 23.8 Å². The maximum absolute atomic E-state index is 13.5. The Bertz CT molecular complexity index is 426. The lowest BCUT2D eigenvalue weighted by Gasteiger charge is -2.24. The van der Waals surface area contributed by atoms with Gasteiger partial charge in [0.15, 0.2) is 11.6 Å². The second kappa shape index (κ2) is 4.61. The summed E-state index contributed by atoms with van der Waals surface area (Å²) in [5.41, 5.74) is -0.683. The van der Waals surface area contributed by atoms with Crippen LogP contribution in [-0.2, 0) is 4.74 Å². The van der Waals surface area contributed by atoms with Gasteiger partial charge in [-0.2, -0.15) is 0 Å². The number of rotatable bonds is 1. The molecular weight excluding hydrogens is 225 g/mol. The van der Waals surface area contributed by atoms with Gasteiger partial charge >= 0.3 is 6.09 Å².